The van der Waals surface area contributed by atoms with Crippen LogP contribution in [-0.2, 0) is 6.42 Å². The lowest BCUT2D eigenvalue weighted by Crippen LogP contribution is -2.24. The van der Waals surface area contributed by atoms with E-state index in [4.69, 9.17) is 0 Å². The van der Waals surface area contributed by atoms with Crippen molar-refractivity contribution >= 4 is 28.1 Å². The fourth-order valence-corrected chi connectivity index (χ4v) is 3.65. The van der Waals surface area contributed by atoms with Gasteiger partial charge in [-0.15, -0.1) is 11.3 Å². The number of benzene rings is 2. The van der Waals surface area contributed by atoms with E-state index >= 15 is 0 Å². The van der Waals surface area contributed by atoms with E-state index in [1.54, 1.807) is 17.6 Å². The van der Waals surface area contributed by atoms with Gasteiger partial charge >= 0.3 is 0 Å². The Morgan fingerprint density at radius 3 is 2.61 bits per heavy atom. The summed E-state index contributed by atoms with van der Waals surface area (Å²) in [7, 11) is 0. The average Bonchev–Trinajstić information content (AvgIpc) is 3.31. The fraction of sp³-hybridized carbons (Fsp3) is 0.100. The van der Waals surface area contributed by atoms with Crippen molar-refractivity contribution < 1.29 is 18.0 Å². The largest absolute Gasteiger partial charge is 0.352 e. The molecule has 2 heterocycles. The van der Waals surface area contributed by atoms with Crippen molar-refractivity contribution in [2.24, 2.45) is 0 Å². The van der Waals surface area contributed by atoms with E-state index in [1.807, 2.05) is 0 Å². The van der Waals surface area contributed by atoms with Gasteiger partial charge in [0, 0.05) is 23.7 Å². The molecule has 2 aromatic heterocycles. The number of nitrogens with one attached hydrogen (secondary N) is 2. The number of hydrogen-bond donors (Lipinski definition) is 2. The van der Waals surface area contributed by atoms with Gasteiger partial charge in [-0.3, -0.25) is 9.78 Å². The van der Waals surface area contributed by atoms with Gasteiger partial charge in [-0.05, 0) is 47.9 Å². The highest BCUT2D eigenvalue weighted by atomic mass is 32.1. The summed E-state index contributed by atoms with van der Waals surface area (Å²) in [6.07, 6.45) is 1.81. The van der Waals surface area contributed by atoms with Gasteiger partial charge in [-0.1, -0.05) is 0 Å². The second-order valence-electron chi connectivity index (χ2n) is 6.17. The lowest BCUT2D eigenvalue weighted by Gasteiger charge is -2.07. The topological polar surface area (TPSA) is 57.8 Å². The second kappa shape index (κ2) is 7.47. The molecule has 0 aliphatic carbocycles. The van der Waals surface area contributed by atoms with Gasteiger partial charge in [0.15, 0.2) is 0 Å². The first-order valence-electron chi connectivity index (χ1n) is 8.45. The number of carbonyl (C=O) groups excluding carboxylic acids is 1. The summed E-state index contributed by atoms with van der Waals surface area (Å²) < 4.78 is 41.3. The molecule has 0 saturated carbocycles. The Hall–Kier alpha value is -3.13. The highest BCUT2D eigenvalue weighted by molar-refractivity contribution is 7.11. The molecule has 0 radical (unpaired) electrons. The lowest BCUT2D eigenvalue weighted by molar-refractivity contribution is 0.0958. The van der Waals surface area contributed by atoms with E-state index in [1.165, 1.54) is 35.7 Å². The Balaban J connectivity index is 1.69. The van der Waals surface area contributed by atoms with Gasteiger partial charge in [0.2, 0.25) is 0 Å². The summed E-state index contributed by atoms with van der Waals surface area (Å²) in [5, 5.41) is 3.17. The van der Waals surface area contributed by atoms with Crippen molar-refractivity contribution in [1.82, 2.24) is 15.3 Å². The fourth-order valence-electron chi connectivity index (χ4n) is 3.11. The third-order valence-electron chi connectivity index (χ3n) is 4.38. The van der Waals surface area contributed by atoms with E-state index in [0.717, 1.165) is 6.07 Å². The van der Waals surface area contributed by atoms with Crippen LogP contribution in [0.25, 0.3) is 22.2 Å². The minimum Gasteiger partial charge on any atom is -0.352 e. The molecule has 4 rings (SSSR count). The molecule has 4 nitrogen and oxygen atoms in total. The molecular weight excluding hydrogens is 387 g/mol. The van der Waals surface area contributed by atoms with Crippen molar-refractivity contribution in [1.29, 1.82) is 0 Å². The number of rotatable bonds is 5. The average molecular weight is 401 g/mol. The quantitative estimate of drug-likeness (QED) is 0.510. The second-order valence-corrected chi connectivity index (χ2v) is 7.05. The number of halogens is 3. The first kappa shape index (κ1) is 18.2. The number of carbonyl (C=O) groups is 1. The molecule has 0 unspecified atom stereocenters. The summed E-state index contributed by atoms with van der Waals surface area (Å²) >= 11 is 1.22. The summed E-state index contributed by atoms with van der Waals surface area (Å²) in [5.74, 6) is -2.05. The van der Waals surface area contributed by atoms with Crippen molar-refractivity contribution in [3.63, 3.8) is 0 Å². The van der Waals surface area contributed by atoms with Gasteiger partial charge in [-0.2, -0.15) is 0 Å². The van der Waals surface area contributed by atoms with Gasteiger partial charge in [0.1, 0.15) is 22.3 Å². The number of hydrogen-bond acceptors (Lipinski definition) is 3. The van der Waals surface area contributed by atoms with E-state index < -0.39 is 17.5 Å². The van der Waals surface area contributed by atoms with E-state index in [0.29, 0.717) is 33.5 Å². The smallest absolute Gasteiger partial charge is 0.263 e. The zero-order chi connectivity index (χ0) is 19.7. The van der Waals surface area contributed by atoms with Crippen LogP contribution in [0.5, 0.6) is 0 Å². The van der Waals surface area contributed by atoms with Crippen LogP contribution in [0.2, 0.25) is 0 Å². The molecule has 0 aliphatic heterocycles. The molecule has 8 heteroatoms. The van der Waals surface area contributed by atoms with Crippen LogP contribution >= 0.6 is 11.3 Å². The Labute approximate surface area is 162 Å². The normalized spacial score (nSPS) is 11.1. The van der Waals surface area contributed by atoms with E-state index in [2.05, 4.69) is 15.3 Å². The number of aromatic nitrogens is 2. The maximum atomic E-state index is 14.2. The van der Waals surface area contributed by atoms with Gasteiger partial charge < -0.3 is 10.3 Å². The zero-order valence-electron chi connectivity index (χ0n) is 14.4. The predicted molar refractivity (Wildman–Crippen MR) is 102 cm³/mol. The molecule has 4 aromatic rings. The van der Waals surface area contributed by atoms with Crippen LogP contribution in [0.15, 0.2) is 48.1 Å². The van der Waals surface area contributed by atoms with Crippen molar-refractivity contribution in [3.8, 4) is 11.3 Å². The van der Waals surface area contributed by atoms with E-state index in [-0.39, 0.29) is 18.0 Å². The Kier molecular flexibility index (Phi) is 4.87. The molecular formula is C20H14F3N3OS. The molecule has 0 saturated heterocycles. The predicted octanol–water partition coefficient (Wildman–Crippen LogP) is 4.68. The summed E-state index contributed by atoms with van der Waals surface area (Å²) in [6, 6.07) is 7.78. The molecule has 28 heavy (non-hydrogen) atoms. The molecule has 0 fully saturated rings. The Morgan fingerprint density at radius 1 is 1.11 bits per heavy atom. The standard InChI is InChI=1S/C20H14F3N3OS/c21-12-3-1-11(2-4-12)18-14(5-6-25-20(27)17-9-24-10-28-17)15-7-13(22)8-16(23)19(15)26-18/h1-4,7-10,26H,5-6H2,(H,25,27). The van der Waals surface area contributed by atoms with Crippen LogP contribution in [-0.4, -0.2) is 22.4 Å². The van der Waals surface area contributed by atoms with Crippen LogP contribution < -0.4 is 5.32 Å². The molecule has 2 aromatic carbocycles. The van der Waals surface area contributed by atoms with Crippen LogP contribution in [0.1, 0.15) is 15.2 Å². The molecule has 2 N–H and O–H groups in total. The van der Waals surface area contributed by atoms with Crippen molar-refractivity contribution in [2.45, 2.75) is 6.42 Å². The monoisotopic (exact) mass is 401 g/mol. The number of amides is 1. The third kappa shape index (κ3) is 3.50. The van der Waals surface area contributed by atoms with Crippen molar-refractivity contribution in [3.05, 3.63) is 76.0 Å². The number of thiazole rings is 1. The maximum Gasteiger partial charge on any atom is 0.263 e. The SMILES string of the molecule is O=C(NCCc1c(-c2ccc(F)cc2)[nH]c2c(F)cc(F)cc12)c1cncs1. The van der Waals surface area contributed by atoms with Gasteiger partial charge in [-0.25, -0.2) is 13.2 Å². The molecule has 1 amide bonds. The highest BCUT2D eigenvalue weighted by Gasteiger charge is 2.17. The van der Waals surface area contributed by atoms with Gasteiger partial charge in [0.05, 0.1) is 17.2 Å². The number of aromatic amines is 1. The zero-order valence-corrected chi connectivity index (χ0v) is 15.2. The van der Waals surface area contributed by atoms with Crippen LogP contribution in [0.4, 0.5) is 13.2 Å². The Bertz CT molecular complexity index is 1140. The highest BCUT2D eigenvalue weighted by Crippen LogP contribution is 2.32. The number of nitrogens with zero attached hydrogens (tertiary/aromatic N) is 1. The summed E-state index contributed by atoms with van der Waals surface area (Å²) in [5.41, 5.74) is 3.58. The molecule has 0 bridgehead atoms. The Morgan fingerprint density at radius 2 is 1.89 bits per heavy atom. The molecule has 142 valence electrons. The summed E-state index contributed by atoms with van der Waals surface area (Å²) in [4.78, 5) is 19.4. The van der Waals surface area contributed by atoms with Crippen LogP contribution in [0, 0.1) is 17.5 Å². The van der Waals surface area contributed by atoms with Crippen LogP contribution in [0.3, 0.4) is 0 Å². The molecule has 0 spiro atoms. The third-order valence-corrected chi connectivity index (χ3v) is 5.15. The van der Waals surface area contributed by atoms with E-state index in [9.17, 15) is 18.0 Å². The maximum absolute atomic E-state index is 14.2. The molecule has 0 aliphatic rings. The molecule has 0 atom stereocenters. The number of H-pyrrole nitrogens is 1. The first-order chi connectivity index (χ1) is 13.5. The lowest BCUT2D eigenvalue weighted by atomic mass is 10.0. The van der Waals surface area contributed by atoms with Crippen molar-refractivity contribution in [2.75, 3.05) is 6.54 Å². The summed E-state index contributed by atoms with van der Waals surface area (Å²) in [6.45, 7) is 0.260. The first-order valence-corrected chi connectivity index (χ1v) is 9.33. The van der Waals surface area contributed by atoms with Gasteiger partial charge in [0.25, 0.3) is 5.91 Å². The minimum atomic E-state index is -0.710. The minimum absolute atomic E-state index is 0.171. The number of fused-ring (bicyclic) bond motifs is 1.